The van der Waals surface area contributed by atoms with E-state index >= 15 is 0 Å². The molecule has 2 rings (SSSR count). The van der Waals surface area contributed by atoms with E-state index in [4.69, 9.17) is 11.6 Å². The van der Waals surface area contributed by atoms with Crippen LogP contribution in [0.25, 0.3) is 0 Å². The number of thioether (sulfide) groups is 1. The lowest BCUT2D eigenvalue weighted by Gasteiger charge is -2.21. The molecule has 0 saturated carbocycles. The third-order valence-electron chi connectivity index (χ3n) is 3.33. The monoisotopic (exact) mass is 300 g/mol. The average molecular weight is 301 g/mol. The van der Waals surface area contributed by atoms with Crippen LogP contribution >= 0.6 is 23.4 Å². The maximum Gasteiger partial charge on any atom is 0.275 e. The minimum atomic E-state index is -0.375. The smallest absolute Gasteiger partial charge is 0.275 e. The van der Waals surface area contributed by atoms with Crippen LogP contribution in [0, 0.1) is 16.0 Å². The second kappa shape index (κ2) is 7.12. The summed E-state index contributed by atoms with van der Waals surface area (Å²) >= 11 is 7.79. The van der Waals surface area contributed by atoms with Gasteiger partial charge in [-0.05, 0) is 48.9 Å². The van der Waals surface area contributed by atoms with Gasteiger partial charge in [-0.3, -0.25) is 10.1 Å². The molecule has 0 spiro atoms. The second-order valence-electron chi connectivity index (χ2n) is 4.72. The van der Waals surface area contributed by atoms with Gasteiger partial charge in [0.25, 0.3) is 5.69 Å². The van der Waals surface area contributed by atoms with E-state index in [9.17, 15) is 10.1 Å². The molecule has 1 N–H and O–H groups in total. The van der Waals surface area contributed by atoms with Crippen LogP contribution in [0.5, 0.6) is 0 Å². The fourth-order valence-electron chi connectivity index (χ4n) is 2.22. The van der Waals surface area contributed by atoms with Crippen molar-refractivity contribution in [3.8, 4) is 0 Å². The first-order chi connectivity index (χ1) is 9.16. The van der Waals surface area contributed by atoms with Gasteiger partial charge in [-0.2, -0.15) is 11.8 Å². The Kier molecular flexibility index (Phi) is 5.48. The zero-order valence-electron chi connectivity index (χ0n) is 10.6. The molecule has 1 saturated heterocycles. The van der Waals surface area contributed by atoms with Crippen LogP contribution in [0.15, 0.2) is 18.2 Å². The van der Waals surface area contributed by atoms with Crippen LogP contribution in [0.1, 0.15) is 18.4 Å². The van der Waals surface area contributed by atoms with Gasteiger partial charge in [-0.25, -0.2) is 0 Å². The van der Waals surface area contributed by atoms with Crippen molar-refractivity contribution >= 4 is 29.1 Å². The molecule has 1 heterocycles. The molecule has 1 aromatic carbocycles. The number of hydrogen-bond acceptors (Lipinski definition) is 4. The molecule has 1 aliphatic rings. The lowest BCUT2D eigenvalue weighted by molar-refractivity contribution is -0.385. The van der Waals surface area contributed by atoms with E-state index in [1.54, 1.807) is 12.1 Å². The highest BCUT2D eigenvalue weighted by Crippen LogP contribution is 2.24. The standard InChI is InChI=1S/C13H17ClN2O2S/c14-12-2-1-11(13(7-12)16(17)18)9-15-8-10-3-5-19-6-4-10/h1-2,7,10,15H,3-6,8-9H2. The molecular formula is C13H17ClN2O2S. The first kappa shape index (κ1) is 14.6. The molecule has 1 aliphatic heterocycles. The number of nitro benzene ring substituents is 1. The van der Waals surface area contributed by atoms with E-state index in [1.165, 1.54) is 30.4 Å². The Morgan fingerprint density at radius 1 is 1.42 bits per heavy atom. The summed E-state index contributed by atoms with van der Waals surface area (Å²) in [5, 5.41) is 14.7. The zero-order chi connectivity index (χ0) is 13.7. The molecule has 4 nitrogen and oxygen atoms in total. The number of nitro groups is 1. The molecule has 0 amide bonds. The number of hydrogen-bond donors (Lipinski definition) is 1. The Balaban J connectivity index is 1.89. The maximum absolute atomic E-state index is 11.0. The van der Waals surface area contributed by atoms with Crippen LogP contribution in [-0.4, -0.2) is 23.0 Å². The Morgan fingerprint density at radius 2 is 2.16 bits per heavy atom. The Labute approximate surface area is 122 Å². The van der Waals surface area contributed by atoms with Gasteiger partial charge in [0.05, 0.1) is 4.92 Å². The van der Waals surface area contributed by atoms with E-state index in [0.717, 1.165) is 6.54 Å². The summed E-state index contributed by atoms with van der Waals surface area (Å²) in [4.78, 5) is 10.6. The van der Waals surface area contributed by atoms with E-state index in [2.05, 4.69) is 5.32 Å². The average Bonchev–Trinajstić information content (AvgIpc) is 2.41. The van der Waals surface area contributed by atoms with E-state index in [1.807, 2.05) is 11.8 Å². The highest BCUT2D eigenvalue weighted by atomic mass is 35.5. The van der Waals surface area contributed by atoms with Crippen molar-refractivity contribution in [1.29, 1.82) is 0 Å². The lowest BCUT2D eigenvalue weighted by Crippen LogP contribution is -2.25. The van der Waals surface area contributed by atoms with Crippen LogP contribution in [0.2, 0.25) is 5.02 Å². The SMILES string of the molecule is O=[N+]([O-])c1cc(Cl)ccc1CNCC1CCSCC1. The Hall–Kier alpha value is -0.780. The van der Waals surface area contributed by atoms with Gasteiger partial charge in [0.1, 0.15) is 0 Å². The Morgan fingerprint density at radius 3 is 2.84 bits per heavy atom. The summed E-state index contributed by atoms with van der Waals surface area (Å²) in [5.74, 6) is 3.16. The fourth-order valence-corrected chi connectivity index (χ4v) is 3.59. The van der Waals surface area contributed by atoms with Gasteiger partial charge in [0.15, 0.2) is 0 Å². The largest absolute Gasteiger partial charge is 0.312 e. The zero-order valence-corrected chi connectivity index (χ0v) is 12.2. The molecule has 0 unspecified atom stereocenters. The number of nitrogens with one attached hydrogen (secondary N) is 1. The van der Waals surface area contributed by atoms with Gasteiger partial charge in [0, 0.05) is 23.2 Å². The number of benzene rings is 1. The number of nitrogens with zero attached hydrogens (tertiary/aromatic N) is 1. The highest BCUT2D eigenvalue weighted by Gasteiger charge is 2.16. The summed E-state index contributed by atoms with van der Waals surface area (Å²) in [7, 11) is 0. The number of rotatable bonds is 5. The summed E-state index contributed by atoms with van der Waals surface area (Å²) < 4.78 is 0. The first-order valence-corrected chi connectivity index (χ1v) is 7.91. The quantitative estimate of drug-likeness (QED) is 0.668. The summed E-state index contributed by atoms with van der Waals surface area (Å²) in [6, 6.07) is 4.84. The number of halogens is 1. The van der Waals surface area contributed by atoms with Crippen LogP contribution in [0.3, 0.4) is 0 Å². The van der Waals surface area contributed by atoms with Crippen molar-refractivity contribution in [2.45, 2.75) is 19.4 Å². The molecule has 6 heteroatoms. The fraction of sp³-hybridized carbons (Fsp3) is 0.538. The maximum atomic E-state index is 11.0. The molecular weight excluding hydrogens is 284 g/mol. The van der Waals surface area contributed by atoms with Crippen LogP contribution in [0.4, 0.5) is 5.69 Å². The predicted molar refractivity (Wildman–Crippen MR) is 79.9 cm³/mol. The molecule has 1 aromatic rings. The second-order valence-corrected chi connectivity index (χ2v) is 6.38. The van der Waals surface area contributed by atoms with Crippen molar-refractivity contribution in [2.75, 3.05) is 18.1 Å². The van der Waals surface area contributed by atoms with Gasteiger partial charge < -0.3 is 5.32 Å². The first-order valence-electron chi connectivity index (χ1n) is 6.38. The summed E-state index contributed by atoms with van der Waals surface area (Å²) in [6.07, 6.45) is 2.47. The molecule has 0 bridgehead atoms. The van der Waals surface area contributed by atoms with Crippen molar-refractivity contribution in [3.05, 3.63) is 38.9 Å². The van der Waals surface area contributed by atoms with Gasteiger partial charge in [-0.1, -0.05) is 11.6 Å². The minimum Gasteiger partial charge on any atom is -0.312 e. The van der Waals surface area contributed by atoms with Crippen molar-refractivity contribution < 1.29 is 4.92 Å². The van der Waals surface area contributed by atoms with E-state index < -0.39 is 0 Å². The van der Waals surface area contributed by atoms with E-state index in [0.29, 0.717) is 23.0 Å². The molecule has 0 aliphatic carbocycles. The van der Waals surface area contributed by atoms with Crippen LogP contribution < -0.4 is 5.32 Å². The Bertz CT molecular complexity index is 450. The molecule has 104 valence electrons. The summed E-state index contributed by atoms with van der Waals surface area (Å²) in [5.41, 5.74) is 0.791. The molecule has 19 heavy (non-hydrogen) atoms. The topological polar surface area (TPSA) is 55.2 Å². The lowest BCUT2D eigenvalue weighted by atomic mass is 10.0. The van der Waals surface area contributed by atoms with Crippen molar-refractivity contribution in [3.63, 3.8) is 0 Å². The normalized spacial score (nSPS) is 16.5. The van der Waals surface area contributed by atoms with Crippen LogP contribution in [-0.2, 0) is 6.54 Å². The van der Waals surface area contributed by atoms with Crippen molar-refractivity contribution in [1.82, 2.24) is 5.32 Å². The molecule has 1 fully saturated rings. The molecule has 0 radical (unpaired) electrons. The van der Waals surface area contributed by atoms with Gasteiger partial charge in [-0.15, -0.1) is 0 Å². The third kappa shape index (κ3) is 4.37. The highest BCUT2D eigenvalue weighted by molar-refractivity contribution is 7.99. The van der Waals surface area contributed by atoms with E-state index in [-0.39, 0.29) is 10.6 Å². The summed E-state index contributed by atoms with van der Waals surface area (Å²) in [6.45, 7) is 1.46. The van der Waals surface area contributed by atoms with Gasteiger partial charge in [0.2, 0.25) is 0 Å². The third-order valence-corrected chi connectivity index (χ3v) is 4.62. The van der Waals surface area contributed by atoms with Gasteiger partial charge >= 0.3 is 0 Å². The minimum absolute atomic E-state index is 0.0965. The molecule has 0 atom stereocenters. The predicted octanol–water partition coefficient (Wildman–Crippen LogP) is 3.48. The van der Waals surface area contributed by atoms with Crippen molar-refractivity contribution in [2.24, 2.45) is 5.92 Å². The molecule has 0 aromatic heterocycles.